The molecule has 21 heavy (non-hydrogen) atoms. The van der Waals surface area contributed by atoms with Crippen LogP contribution in [0.1, 0.15) is 44.9 Å². The number of benzene rings is 1. The lowest BCUT2D eigenvalue weighted by Gasteiger charge is -2.33. The molecule has 1 N–H and O–H groups in total. The monoisotopic (exact) mass is 285 g/mol. The zero-order valence-electron chi connectivity index (χ0n) is 12.7. The highest BCUT2D eigenvalue weighted by atomic mass is 16.3. The molecular formula is C17H23N3O. The van der Waals surface area contributed by atoms with Gasteiger partial charge in [0.25, 0.3) is 0 Å². The van der Waals surface area contributed by atoms with Crippen LogP contribution in [0.3, 0.4) is 0 Å². The zero-order valence-corrected chi connectivity index (χ0v) is 12.7. The molecule has 1 aromatic heterocycles. The molecule has 0 aliphatic heterocycles. The highest BCUT2D eigenvalue weighted by Gasteiger charge is 2.31. The first-order valence-electron chi connectivity index (χ1n) is 7.79. The summed E-state index contributed by atoms with van der Waals surface area (Å²) in [5.74, 6) is 1.65. The van der Waals surface area contributed by atoms with E-state index < -0.39 is 6.10 Å². The van der Waals surface area contributed by atoms with Crippen molar-refractivity contribution < 1.29 is 5.11 Å². The summed E-state index contributed by atoms with van der Waals surface area (Å²) in [6.45, 7) is 4.55. The molecule has 0 amide bonds. The van der Waals surface area contributed by atoms with Gasteiger partial charge in [0.05, 0.1) is 11.9 Å². The lowest BCUT2D eigenvalue weighted by Crippen LogP contribution is -2.25. The molecule has 1 saturated carbocycles. The normalized spacial score (nSPS) is 27.5. The minimum atomic E-state index is -0.507. The fourth-order valence-corrected chi connectivity index (χ4v) is 3.60. The van der Waals surface area contributed by atoms with E-state index in [9.17, 15) is 5.11 Å². The summed E-state index contributed by atoms with van der Waals surface area (Å²) < 4.78 is 0. The van der Waals surface area contributed by atoms with Crippen LogP contribution < -0.4 is 0 Å². The van der Waals surface area contributed by atoms with E-state index in [2.05, 4.69) is 24.0 Å². The second kappa shape index (κ2) is 5.98. The average molecular weight is 285 g/mol. The fourth-order valence-electron chi connectivity index (χ4n) is 3.60. The van der Waals surface area contributed by atoms with Crippen molar-refractivity contribution in [3.8, 4) is 5.69 Å². The van der Waals surface area contributed by atoms with Crippen LogP contribution in [0.15, 0.2) is 36.5 Å². The SMILES string of the molecule is CC1CC(C)CC(C(O)c2cnn(-c3ccccc3)n2)C1. The van der Waals surface area contributed by atoms with Crippen LogP contribution in [0, 0.1) is 17.8 Å². The molecule has 0 spiro atoms. The molecular weight excluding hydrogens is 262 g/mol. The van der Waals surface area contributed by atoms with Crippen LogP contribution in [-0.4, -0.2) is 20.1 Å². The van der Waals surface area contributed by atoms with Gasteiger partial charge < -0.3 is 5.11 Å². The van der Waals surface area contributed by atoms with Crippen molar-refractivity contribution in [1.29, 1.82) is 0 Å². The van der Waals surface area contributed by atoms with Gasteiger partial charge in [0.1, 0.15) is 11.8 Å². The van der Waals surface area contributed by atoms with Gasteiger partial charge in [-0.2, -0.15) is 15.0 Å². The molecule has 1 aliphatic carbocycles. The molecule has 112 valence electrons. The summed E-state index contributed by atoms with van der Waals surface area (Å²) >= 11 is 0. The van der Waals surface area contributed by atoms with Gasteiger partial charge in [0.15, 0.2) is 0 Å². The van der Waals surface area contributed by atoms with Crippen LogP contribution in [-0.2, 0) is 0 Å². The Bertz CT molecular complexity index is 571. The smallest absolute Gasteiger partial charge is 0.112 e. The number of hydrogen-bond acceptors (Lipinski definition) is 3. The highest BCUT2D eigenvalue weighted by molar-refractivity contribution is 5.28. The van der Waals surface area contributed by atoms with Crippen molar-refractivity contribution in [1.82, 2.24) is 15.0 Å². The molecule has 3 unspecified atom stereocenters. The Balaban J connectivity index is 1.76. The summed E-state index contributed by atoms with van der Waals surface area (Å²) in [6, 6.07) is 9.80. The van der Waals surface area contributed by atoms with E-state index in [0.717, 1.165) is 18.5 Å². The quantitative estimate of drug-likeness (QED) is 0.940. The number of nitrogens with zero attached hydrogens (tertiary/aromatic N) is 3. The third-order valence-electron chi connectivity index (χ3n) is 4.46. The second-order valence-electron chi connectivity index (χ2n) is 6.52. The Kier molecular flexibility index (Phi) is 4.06. The third-order valence-corrected chi connectivity index (χ3v) is 4.46. The number of rotatable bonds is 3. The van der Waals surface area contributed by atoms with Gasteiger partial charge >= 0.3 is 0 Å². The van der Waals surface area contributed by atoms with Gasteiger partial charge in [-0.3, -0.25) is 0 Å². The van der Waals surface area contributed by atoms with Crippen molar-refractivity contribution in [2.45, 2.75) is 39.2 Å². The molecule has 1 heterocycles. The van der Waals surface area contributed by atoms with Gasteiger partial charge in [0, 0.05) is 0 Å². The molecule has 1 aromatic carbocycles. The van der Waals surface area contributed by atoms with E-state index >= 15 is 0 Å². The molecule has 1 fully saturated rings. The largest absolute Gasteiger partial charge is 0.386 e. The molecule has 3 rings (SSSR count). The van der Waals surface area contributed by atoms with Crippen molar-refractivity contribution in [3.05, 3.63) is 42.2 Å². The number of aliphatic hydroxyl groups is 1. The second-order valence-corrected chi connectivity index (χ2v) is 6.52. The maximum Gasteiger partial charge on any atom is 0.112 e. The Morgan fingerprint density at radius 1 is 1.10 bits per heavy atom. The Morgan fingerprint density at radius 2 is 1.76 bits per heavy atom. The molecule has 4 heteroatoms. The number of aliphatic hydroxyl groups excluding tert-OH is 1. The van der Waals surface area contributed by atoms with Gasteiger partial charge in [-0.25, -0.2) is 0 Å². The van der Waals surface area contributed by atoms with Gasteiger partial charge in [-0.05, 0) is 49.1 Å². The molecule has 0 bridgehead atoms. The molecule has 3 atom stereocenters. The highest BCUT2D eigenvalue weighted by Crippen LogP contribution is 2.39. The number of aromatic nitrogens is 3. The van der Waals surface area contributed by atoms with Gasteiger partial charge in [-0.1, -0.05) is 32.0 Å². The van der Waals surface area contributed by atoms with Crippen LogP contribution >= 0.6 is 0 Å². The van der Waals surface area contributed by atoms with Crippen LogP contribution in [0.2, 0.25) is 0 Å². The topological polar surface area (TPSA) is 50.9 Å². The molecule has 4 nitrogen and oxygen atoms in total. The maximum absolute atomic E-state index is 10.6. The Hall–Kier alpha value is -1.68. The Morgan fingerprint density at radius 3 is 2.43 bits per heavy atom. The summed E-state index contributed by atoms with van der Waals surface area (Å²) in [7, 11) is 0. The minimum Gasteiger partial charge on any atom is -0.386 e. The third kappa shape index (κ3) is 3.16. The fraction of sp³-hybridized carbons (Fsp3) is 0.529. The van der Waals surface area contributed by atoms with Gasteiger partial charge in [-0.15, -0.1) is 0 Å². The van der Waals surface area contributed by atoms with E-state index in [0.29, 0.717) is 23.4 Å². The lowest BCUT2D eigenvalue weighted by molar-refractivity contribution is 0.0519. The van der Waals surface area contributed by atoms with E-state index in [1.165, 1.54) is 6.42 Å². The molecule has 2 aromatic rings. The van der Waals surface area contributed by atoms with Crippen LogP contribution in [0.5, 0.6) is 0 Å². The standard InChI is InChI=1S/C17H23N3O/c1-12-8-13(2)10-14(9-12)17(21)16-11-18-20(19-16)15-6-4-3-5-7-15/h3-7,11-14,17,21H,8-10H2,1-2H3. The molecule has 0 radical (unpaired) electrons. The summed E-state index contributed by atoms with van der Waals surface area (Å²) in [6.07, 6.45) is 4.60. The van der Waals surface area contributed by atoms with Gasteiger partial charge in [0.2, 0.25) is 0 Å². The first kappa shape index (κ1) is 14.3. The Labute approximate surface area is 125 Å². The first-order valence-corrected chi connectivity index (χ1v) is 7.79. The summed E-state index contributed by atoms with van der Waals surface area (Å²) in [4.78, 5) is 1.59. The summed E-state index contributed by atoms with van der Waals surface area (Å²) in [5, 5.41) is 19.4. The zero-order chi connectivity index (χ0) is 14.8. The van der Waals surface area contributed by atoms with Crippen molar-refractivity contribution in [2.24, 2.45) is 17.8 Å². The van der Waals surface area contributed by atoms with Crippen molar-refractivity contribution in [3.63, 3.8) is 0 Å². The predicted molar refractivity (Wildman–Crippen MR) is 82.0 cm³/mol. The number of hydrogen-bond donors (Lipinski definition) is 1. The first-order chi connectivity index (χ1) is 10.1. The van der Waals surface area contributed by atoms with Crippen molar-refractivity contribution >= 4 is 0 Å². The van der Waals surface area contributed by atoms with E-state index in [-0.39, 0.29) is 0 Å². The van der Waals surface area contributed by atoms with Crippen molar-refractivity contribution in [2.75, 3.05) is 0 Å². The summed E-state index contributed by atoms with van der Waals surface area (Å²) in [5.41, 5.74) is 1.60. The predicted octanol–water partition coefficient (Wildman–Crippen LogP) is 3.37. The lowest BCUT2D eigenvalue weighted by atomic mass is 9.74. The molecule has 1 aliphatic rings. The van der Waals surface area contributed by atoms with E-state index in [1.54, 1.807) is 11.0 Å². The minimum absolute atomic E-state index is 0.296. The molecule has 0 saturated heterocycles. The number of para-hydroxylation sites is 1. The van der Waals surface area contributed by atoms with E-state index in [1.807, 2.05) is 30.3 Å². The van der Waals surface area contributed by atoms with Crippen LogP contribution in [0.25, 0.3) is 5.69 Å². The average Bonchev–Trinajstić information content (AvgIpc) is 2.96. The van der Waals surface area contributed by atoms with E-state index in [4.69, 9.17) is 0 Å². The van der Waals surface area contributed by atoms with Crippen LogP contribution in [0.4, 0.5) is 0 Å². The maximum atomic E-state index is 10.6.